The van der Waals surface area contributed by atoms with Gasteiger partial charge in [0.1, 0.15) is 12.4 Å². The summed E-state index contributed by atoms with van der Waals surface area (Å²) in [7, 11) is 0. The molecule has 0 saturated carbocycles. The Hall–Kier alpha value is -2.12. The van der Waals surface area contributed by atoms with E-state index in [0.717, 1.165) is 38.5 Å². The Morgan fingerprint density at radius 1 is 1.08 bits per heavy atom. The van der Waals surface area contributed by atoms with Gasteiger partial charge < -0.3 is 10.1 Å². The fourth-order valence-electron chi connectivity index (χ4n) is 2.55. The molecule has 0 unspecified atom stereocenters. The molecule has 0 bridgehead atoms. The lowest BCUT2D eigenvalue weighted by atomic mass is 10.3. The van der Waals surface area contributed by atoms with E-state index in [0.29, 0.717) is 13.2 Å². The monoisotopic (exact) mass is 334 g/mol. The smallest absolute Gasteiger partial charge is 0.321 e. The third-order valence-electron chi connectivity index (χ3n) is 3.84. The fraction of sp³-hybridized carbons (Fsp3) is 0.529. The number of benzene rings is 1. The SMILES string of the molecule is CCNC(=O)NC(=O)CN1CCN(CCOc2ccccc2)CC1. The maximum atomic E-state index is 11.8. The molecule has 132 valence electrons. The Labute approximate surface area is 142 Å². The molecule has 1 saturated heterocycles. The summed E-state index contributed by atoms with van der Waals surface area (Å²) in [6.07, 6.45) is 0. The highest BCUT2D eigenvalue weighted by Gasteiger charge is 2.19. The topological polar surface area (TPSA) is 73.9 Å². The van der Waals surface area contributed by atoms with Gasteiger partial charge in [0.15, 0.2) is 0 Å². The van der Waals surface area contributed by atoms with E-state index >= 15 is 0 Å². The Kier molecular flexibility index (Phi) is 7.51. The van der Waals surface area contributed by atoms with Gasteiger partial charge in [0.2, 0.25) is 5.91 Å². The van der Waals surface area contributed by atoms with Gasteiger partial charge in [-0.3, -0.25) is 19.9 Å². The van der Waals surface area contributed by atoms with Crippen LogP contribution in [0, 0.1) is 0 Å². The average molecular weight is 334 g/mol. The molecule has 1 heterocycles. The minimum absolute atomic E-state index is 0.255. The lowest BCUT2D eigenvalue weighted by Crippen LogP contribution is -2.51. The van der Waals surface area contributed by atoms with Crippen LogP contribution in [0.3, 0.4) is 0 Å². The van der Waals surface area contributed by atoms with Gasteiger partial charge in [0.25, 0.3) is 0 Å². The predicted octanol–water partition coefficient (Wildman–Crippen LogP) is 0.529. The molecule has 0 aromatic heterocycles. The summed E-state index contributed by atoms with van der Waals surface area (Å²) in [4.78, 5) is 27.4. The van der Waals surface area contributed by atoms with Crippen molar-refractivity contribution in [1.29, 1.82) is 0 Å². The summed E-state index contributed by atoms with van der Waals surface area (Å²) in [6, 6.07) is 9.35. The van der Waals surface area contributed by atoms with E-state index in [4.69, 9.17) is 4.74 Å². The van der Waals surface area contributed by atoms with Crippen molar-refractivity contribution < 1.29 is 14.3 Å². The molecule has 24 heavy (non-hydrogen) atoms. The van der Waals surface area contributed by atoms with Gasteiger partial charge in [0, 0.05) is 39.3 Å². The van der Waals surface area contributed by atoms with E-state index in [1.807, 2.05) is 37.3 Å². The van der Waals surface area contributed by atoms with Crippen LogP contribution >= 0.6 is 0 Å². The number of carbonyl (C=O) groups excluding carboxylic acids is 2. The minimum Gasteiger partial charge on any atom is -0.492 e. The van der Waals surface area contributed by atoms with Crippen LogP contribution in [0.25, 0.3) is 0 Å². The van der Waals surface area contributed by atoms with Crippen molar-refractivity contribution in [2.24, 2.45) is 0 Å². The highest BCUT2D eigenvalue weighted by molar-refractivity contribution is 5.95. The number of carbonyl (C=O) groups is 2. The van der Waals surface area contributed by atoms with Gasteiger partial charge in [-0.05, 0) is 19.1 Å². The normalized spacial score (nSPS) is 15.7. The van der Waals surface area contributed by atoms with E-state index in [1.165, 1.54) is 0 Å². The highest BCUT2D eigenvalue weighted by Crippen LogP contribution is 2.08. The van der Waals surface area contributed by atoms with Crippen molar-refractivity contribution in [2.75, 3.05) is 52.4 Å². The van der Waals surface area contributed by atoms with Gasteiger partial charge in [0.05, 0.1) is 6.54 Å². The number of para-hydroxylation sites is 1. The molecular formula is C17H26N4O3. The van der Waals surface area contributed by atoms with Crippen LogP contribution in [-0.4, -0.2) is 74.2 Å². The van der Waals surface area contributed by atoms with Crippen LogP contribution in [-0.2, 0) is 4.79 Å². The molecule has 0 aliphatic carbocycles. The molecule has 1 aromatic rings. The molecule has 2 N–H and O–H groups in total. The first-order valence-electron chi connectivity index (χ1n) is 8.37. The number of hydrogen-bond acceptors (Lipinski definition) is 5. The number of urea groups is 1. The van der Waals surface area contributed by atoms with Gasteiger partial charge in [-0.25, -0.2) is 4.79 Å². The summed E-state index contributed by atoms with van der Waals surface area (Å²) in [5, 5.41) is 4.87. The Morgan fingerprint density at radius 3 is 2.42 bits per heavy atom. The van der Waals surface area contributed by atoms with E-state index in [1.54, 1.807) is 0 Å². The zero-order chi connectivity index (χ0) is 17.2. The summed E-state index contributed by atoms with van der Waals surface area (Å²) < 4.78 is 5.70. The quantitative estimate of drug-likeness (QED) is 0.761. The van der Waals surface area contributed by atoms with Gasteiger partial charge in [-0.2, -0.15) is 0 Å². The van der Waals surface area contributed by atoms with Crippen molar-refractivity contribution in [2.45, 2.75) is 6.92 Å². The van der Waals surface area contributed by atoms with Crippen molar-refractivity contribution in [3.63, 3.8) is 0 Å². The van der Waals surface area contributed by atoms with E-state index in [-0.39, 0.29) is 12.5 Å². The lowest BCUT2D eigenvalue weighted by molar-refractivity contribution is -0.121. The maximum Gasteiger partial charge on any atom is 0.321 e. The van der Waals surface area contributed by atoms with Crippen LogP contribution in [0.2, 0.25) is 0 Å². The van der Waals surface area contributed by atoms with Crippen molar-refractivity contribution in [3.8, 4) is 5.75 Å². The second-order valence-electron chi connectivity index (χ2n) is 5.69. The molecular weight excluding hydrogens is 308 g/mol. The molecule has 1 aromatic carbocycles. The number of hydrogen-bond donors (Lipinski definition) is 2. The Balaban J connectivity index is 1.59. The largest absolute Gasteiger partial charge is 0.492 e. The van der Waals surface area contributed by atoms with Crippen LogP contribution in [0.4, 0.5) is 4.79 Å². The van der Waals surface area contributed by atoms with Crippen molar-refractivity contribution in [1.82, 2.24) is 20.4 Å². The predicted molar refractivity (Wildman–Crippen MR) is 92.0 cm³/mol. The summed E-state index contributed by atoms with van der Waals surface area (Å²) in [5.74, 6) is 0.625. The molecule has 0 radical (unpaired) electrons. The van der Waals surface area contributed by atoms with Crippen molar-refractivity contribution >= 4 is 11.9 Å². The molecule has 7 nitrogen and oxygen atoms in total. The second kappa shape index (κ2) is 9.89. The third kappa shape index (κ3) is 6.55. The zero-order valence-electron chi connectivity index (χ0n) is 14.2. The minimum atomic E-state index is -0.431. The molecule has 3 amide bonds. The summed E-state index contributed by atoms with van der Waals surface area (Å²) >= 11 is 0. The number of nitrogens with one attached hydrogen (secondary N) is 2. The fourth-order valence-corrected chi connectivity index (χ4v) is 2.55. The maximum absolute atomic E-state index is 11.8. The number of rotatable bonds is 7. The molecule has 7 heteroatoms. The molecule has 1 aliphatic heterocycles. The zero-order valence-corrected chi connectivity index (χ0v) is 14.2. The highest BCUT2D eigenvalue weighted by atomic mass is 16.5. The first kappa shape index (κ1) is 18.2. The van der Waals surface area contributed by atoms with Gasteiger partial charge >= 0.3 is 6.03 Å². The molecule has 0 atom stereocenters. The number of ether oxygens (including phenoxy) is 1. The number of piperazine rings is 1. The van der Waals surface area contributed by atoms with Crippen LogP contribution in [0.5, 0.6) is 5.75 Å². The van der Waals surface area contributed by atoms with Crippen molar-refractivity contribution in [3.05, 3.63) is 30.3 Å². The molecule has 1 aliphatic rings. The number of amides is 3. The number of imide groups is 1. The summed E-state index contributed by atoms with van der Waals surface area (Å²) in [5.41, 5.74) is 0. The molecule has 0 spiro atoms. The van der Waals surface area contributed by atoms with E-state index in [9.17, 15) is 9.59 Å². The Morgan fingerprint density at radius 2 is 1.75 bits per heavy atom. The average Bonchev–Trinajstić information content (AvgIpc) is 2.57. The van der Waals surface area contributed by atoms with E-state index in [2.05, 4.69) is 20.4 Å². The van der Waals surface area contributed by atoms with Gasteiger partial charge in [-0.15, -0.1) is 0 Å². The van der Waals surface area contributed by atoms with Crippen LogP contribution < -0.4 is 15.4 Å². The first-order chi connectivity index (χ1) is 11.7. The van der Waals surface area contributed by atoms with Crippen LogP contribution in [0.15, 0.2) is 30.3 Å². The molecule has 1 fully saturated rings. The molecule has 2 rings (SSSR count). The number of nitrogens with zero attached hydrogens (tertiary/aromatic N) is 2. The second-order valence-corrected chi connectivity index (χ2v) is 5.69. The van der Waals surface area contributed by atoms with Crippen LogP contribution in [0.1, 0.15) is 6.92 Å². The Bertz CT molecular complexity index is 516. The van der Waals surface area contributed by atoms with Gasteiger partial charge in [-0.1, -0.05) is 18.2 Å². The van der Waals surface area contributed by atoms with E-state index < -0.39 is 6.03 Å². The standard InChI is InChI=1S/C17H26N4O3/c1-2-18-17(23)19-16(22)14-21-10-8-20(9-11-21)12-13-24-15-6-4-3-5-7-15/h3-7H,2,8-14H2,1H3,(H2,18,19,22,23). The lowest BCUT2D eigenvalue weighted by Gasteiger charge is -2.34. The summed E-state index contributed by atoms with van der Waals surface area (Å²) in [6.45, 7) is 7.51. The first-order valence-corrected chi connectivity index (χ1v) is 8.37. The third-order valence-corrected chi connectivity index (χ3v) is 3.84.